The molecule has 0 spiro atoms. The fourth-order valence-corrected chi connectivity index (χ4v) is 1.43. The van der Waals surface area contributed by atoms with Gasteiger partial charge in [0.25, 0.3) is 0 Å². The fraction of sp³-hybridized carbons (Fsp3) is 0.222. The van der Waals surface area contributed by atoms with Crippen LogP contribution in [0.15, 0.2) is 24.3 Å². The monoisotopic (exact) mass is 261 g/mol. The molecule has 1 atom stereocenters. The predicted molar refractivity (Wildman–Crippen MR) is 60.6 cm³/mol. The molecule has 2 amide bonds. The van der Waals surface area contributed by atoms with Gasteiger partial charge in [0.1, 0.15) is 0 Å². The van der Waals surface area contributed by atoms with Gasteiger partial charge in [-0.3, -0.25) is 8.93 Å². The Hall–Kier alpha value is -1.11. The molecule has 0 saturated heterocycles. The number of halogens is 1. The first-order valence-electron chi connectivity index (χ1n) is 4.46. The minimum absolute atomic E-state index is 0.352. The van der Waals surface area contributed by atoms with E-state index >= 15 is 0 Å². The summed E-state index contributed by atoms with van der Waals surface area (Å²) in [5.41, 5.74) is 1.01. The first-order valence-corrected chi connectivity index (χ1v) is 5.91. The topological polar surface area (TPSA) is 81.3 Å². The van der Waals surface area contributed by atoms with E-state index in [1.165, 1.54) is 0 Å². The molecule has 0 aliphatic heterocycles. The first kappa shape index (κ1) is 13.0. The molecule has 0 heterocycles. The Morgan fingerprint density at radius 2 is 2.00 bits per heavy atom. The van der Waals surface area contributed by atoms with Gasteiger partial charge in [-0.2, -0.15) is 0 Å². The molecule has 1 unspecified atom stereocenters. The lowest BCUT2D eigenvalue weighted by Crippen LogP contribution is -2.37. The van der Waals surface area contributed by atoms with Gasteiger partial charge in [0, 0.05) is 22.8 Å². The van der Waals surface area contributed by atoms with E-state index in [0.717, 1.165) is 5.56 Å². The molecule has 7 heteroatoms. The summed E-state index contributed by atoms with van der Waals surface area (Å²) in [6.45, 7) is 0.352. The summed E-state index contributed by atoms with van der Waals surface area (Å²) in [7, 11) is 0. The highest BCUT2D eigenvalue weighted by Gasteiger charge is 1.98. The van der Waals surface area contributed by atoms with Crippen molar-refractivity contribution in [3.8, 4) is 0 Å². The molecule has 1 aromatic carbocycles. The minimum atomic E-state index is -2.58. The van der Waals surface area contributed by atoms with Crippen LogP contribution in [0.4, 0.5) is 4.79 Å². The van der Waals surface area contributed by atoms with E-state index in [4.69, 9.17) is 11.6 Å². The molecule has 1 aromatic rings. The number of nitrogens with one attached hydrogen (secondary N) is 2. The van der Waals surface area contributed by atoms with Crippen molar-refractivity contribution in [2.75, 3.05) is 6.54 Å². The second-order valence-corrected chi connectivity index (χ2v) is 4.08. The first-order chi connectivity index (χ1) is 7.58. The van der Waals surface area contributed by atoms with Crippen LogP contribution in [0, 0.1) is 0 Å². The lowest BCUT2D eigenvalue weighted by molar-refractivity contribution is 0.245. The molecule has 1 rings (SSSR count). The lowest BCUT2D eigenvalue weighted by Gasteiger charge is -2.08. The van der Waals surface area contributed by atoms with Crippen LogP contribution >= 0.6 is 11.6 Å². The third-order valence-corrected chi connectivity index (χ3v) is 2.39. The van der Waals surface area contributed by atoms with Gasteiger partial charge in [0.15, 0.2) is 0 Å². The Morgan fingerprint density at radius 3 is 2.56 bits per heavy atom. The van der Waals surface area contributed by atoms with Crippen molar-refractivity contribution < 1.29 is 13.6 Å². The molecule has 0 saturated carbocycles. The van der Waals surface area contributed by atoms with Crippen LogP contribution in [0.3, 0.4) is 0 Å². The van der Waals surface area contributed by atoms with Crippen LogP contribution < -0.4 is 10.0 Å². The lowest BCUT2D eigenvalue weighted by atomic mass is 10.1. The zero-order valence-corrected chi connectivity index (χ0v) is 9.81. The van der Waals surface area contributed by atoms with Crippen LogP contribution in [-0.2, 0) is 17.7 Å². The summed E-state index contributed by atoms with van der Waals surface area (Å²) in [4.78, 5) is 10.9. The van der Waals surface area contributed by atoms with E-state index < -0.39 is 17.3 Å². The highest BCUT2D eigenvalue weighted by Crippen LogP contribution is 2.09. The Bertz CT molecular complexity index is 383. The molecule has 5 nitrogen and oxygen atoms in total. The standard InChI is InChI=1S/C9H11ClN2O3S/c10-8-3-1-7(2-4-8)5-6-11-9(13)12-16(14)15/h1-4H,5-6H2,(H,14,15)(H2,11,12,13)/p-1. The maximum Gasteiger partial charge on any atom is 0.325 e. The van der Waals surface area contributed by atoms with Crippen molar-refractivity contribution in [2.24, 2.45) is 0 Å². The maximum atomic E-state index is 10.9. The van der Waals surface area contributed by atoms with Gasteiger partial charge in [-0.15, -0.1) is 0 Å². The fourth-order valence-electron chi connectivity index (χ4n) is 1.08. The van der Waals surface area contributed by atoms with Crippen LogP contribution in [-0.4, -0.2) is 21.3 Å². The molecule has 88 valence electrons. The molecule has 0 aromatic heterocycles. The van der Waals surface area contributed by atoms with E-state index in [9.17, 15) is 13.6 Å². The number of rotatable bonds is 4. The highest BCUT2D eigenvalue weighted by atomic mass is 35.5. The molecule has 16 heavy (non-hydrogen) atoms. The Kier molecular flexibility index (Phi) is 5.24. The maximum absolute atomic E-state index is 10.9. The summed E-state index contributed by atoms with van der Waals surface area (Å²) >= 11 is 3.13. The molecular formula is C9H10ClN2O3S-. The van der Waals surface area contributed by atoms with Crippen molar-refractivity contribution >= 4 is 28.9 Å². The smallest absolute Gasteiger partial charge is 0.325 e. The average molecular weight is 262 g/mol. The van der Waals surface area contributed by atoms with Crippen molar-refractivity contribution in [2.45, 2.75) is 6.42 Å². The molecule has 0 bridgehead atoms. The van der Waals surface area contributed by atoms with Gasteiger partial charge < -0.3 is 9.87 Å². The number of hydrogen-bond acceptors (Lipinski definition) is 3. The Morgan fingerprint density at radius 1 is 1.38 bits per heavy atom. The second-order valence-electron chi connectivity index (χ2n) is 2.97. The van der Waals surface area contributed by atoms with E-state index in [1.807, 2.05) is 12.1 Å². The summed E-state index contributed by atoms with van der Waals surface area (Å²) in [5.74, 6) is 0. The predicted octanol–water partition coefficient (Wildman–Crippen LogP) is 0.976. The van der Waals surface area contributed by atoms with Crippen molar-refractivity contribution in [3.05, 3.63) is 34.9 Å². The van der Waals surface area contributed by atoms with Crippen LogP contribution in [0.1, 0.15) is 5.56 Å². The van der Waals surface area contributed by atoms with Gasteiger partial charge in [0.05, 0.1) is 0 Å². The van der Waals surface area contributed by atoms with Crippen LogP contribution in [0.2, 0.25) is 5.02 Å². The van der Waals surface area contributed by atoms with Crippen molar-refractivity contribution in [1.82, 2.24) is 10.0 Å². The van der Waals surface area contributed by atoms with Gasteiger partial charge >= 0.3 is 6.03 Å². The normalized spacial score (nSPS) is 11.9. The molecule has 0 radical (unpaired) electrons. The number of carbonyl (C=O) groups excluding carboxylic acids is 1. The average Bonchev–Trinajstić information content (AvgIpc) is 2.20. The quantitative estimate of drug-likeness (QED) is 0.793. The second kappa shape index (κ2) is 6.47. The number of benzene rings is 1. The van der Waals surface area contributed by atoms with Crippen molar-refractivity contribution in [1.29, 1.82) is 0 Å². The van der Waals surface area contributed by atoms with Gasteiger partial charge in [-0.25, -0.2) is 4.79 Å². The zero-order chi connectivity index (χ0) is 12.0. The van der Waals surface area contributed by atoms with Crippen molar-refractivity contribution in [3.63, 3.8) is 0 Å². The van der Waals surface area contributed by atoms with E-state index in [2.05, 4.69) is 5.32 Å². The molecule has 2 N–H and O–H groups in total. The molecule has 0 aliphatic carbocycles. The number of urea groups is 1. The Labute approximate surface area is 101 Å². The SMILES string of the molecule is O=C(NCCc1ccc(Cl)cc1)NS(=O)[O-]. The van der Waals surface area contributed by atoms with E-state index in [-0.39, 0.29) is 0 Å². The van der Waals surface area contributed by atoms with Gasteiger partial charge in [-0.1, -0.05) is 23.7 Å². The number of carbonyl (C=O) groups is 1. The third kappa shape index (κ3) is 5.11. The van der Waals surface area contributed by atoms with Gasteiger partial charge in [-0.05, 0) is 24.1 Å². The summed E-state index contributed by atoms with van der Waals surface area (Å²) < 4.78 is 21.9. The Balaban J connectivity index is 2.28. The number of amides is 2. The third-order valence-electron chi connectivity index (χ3n) is 1.79. The molecular weight excluding hydrogens is 252 g/mol. The largest absolute Gasteiger partial charge is 0.755 e. The minimum Gasteiger partial charge on any atom is -0.755 e. The molecule has 0 fully saturated rings. The summed E-state index contributed by atoms with van der Waals surface area (Å²) in [5, 5.41) is 3.05. The van der Waals surface area contributed by atoms with E-state index in [0.29, 0.717) is 18.0 Å². The van der Waals surface area contributed by atoms with Crippen LogP contribution in [0.5, 0.6) is 0 Å². The highest BCUT2D eigenvalue weighted by molar-refractivity contribution is 7.77. The zero-order valence-electron chi connectivity index (χ0n) is 8.23. The molecule has 0 aliphatic rings. The summed E-state index contributed by atoms with van der Waals surface area (Å²) in [6, 6.07) is 6.46. The van der Waals surface area contributed by atoms with Crippen LogP contribution in [0.25, 0.3) is 0 Å². The summed E-state index contributed by atoms with van der Waals surface area (Å²) in [6.07, 6.45) is 0.607. The van der Waals surface area contributed by atoms with Gasteiger partial charge in [0.2, 0.25) is 0 Å². The number of hydrogen-bond donors (Lipinski definition) is 2. The van der Waals surface area contributed by atoms with E-state index in [1.54, 1.807) is 16.9 Å².